The van der Waals surface area contributed by atoms with Crippen molar-refractivity contribution in [3.8, 4) is 0 Å². The zero-order valence-corrected chi connectivity index (χ0v) is 15.1. The number of hydrogen-bond donors (Lipinski definition) is 1. The molecule has 0 spiro atoms. The number of aliphatic imine (C=N–C) groups is 1. The molecular formula is C17H34N4O. The van der Waals surface area contributed by atoms with E-state index in [4.69, 9.17) is 4.74 Å². The summed E-state index contributed by atoms with van der Waals surface area (Å²) in [5.41, 5.74) is 0.182. The van der Waals surface area contributed by atoms with E-state index in [9.17, 15) is 0 Å². The van der Waals surface area contributed by atoms with Gasteiger partial charge in [0.1, 0.15) is 0 Å². The number of likely N-dealkylation sites (N-methyl/N-ethyl adjacent to an activating group) is 1. The van der Waals surface area contributed by atoms with Gasteiger partial charge < -0.3 is 19.9 Å². The lowest BCUT2D eigenvalue weighted by atomic mass is 9.88. The largest absolute Gasteiger partial charge is 0.381 e. The second-order valence-electron chi connectivity index (χ2n) is 7.48. The van der Waals surface area contributed by atoms with Gasteiger partial charge in [0, 0.05) is 45.4 Å². The van der Waals surface area contributed by atoms with Crippen LogP contribution in [0.3, 0.4) is 0 Å². The Morgan fingerprint density at radius 1 is 1.23 bits per heavy atom. The Hall–Kier alpha value is -0.810. The van der Waals surface area contributed by atoms with Crippen molar-refractivity contribution >= 4 is 5.96 Å². The van der Waals surface area contributed by atoms with Crippen molar-refractivity contribution in [2.45, 2.75) is 38.6 Å². The number of ether oxygens (including phenoxy) is 1. The van der Waals surface area contributed by atoms with Gasteiger partial charge in [-0.1, -0.05) is 13.8 Å². The van der Waals surface area contributed by atoms with Crippen LogP contribution in [0.15, 0.2) is 4.99 Å². The highest BCUT2D eigenvalue weighted by Gasteiger charge is 2.35. The first kappa shape index (κ1) is 17.5. The van der Waals surface area contributed by atoms with E-state index in [0.717, 1.165) is 63.5 Å². The zero-order valence-electron chi connectivity index (χ0n) is 15.1. The van der Waals surface area contributed by atoms with Gasteiger partial charge in [0.05, 0.1) is 0 Å². The molecule has 128 valence electrons. The van der Waals surface area contributed by atoms with E-state index in [1.165, 1.54) is 6.42 Å². The highest BCUT2D eigenvalue weighted by molar-refractivity contribution is 5.80. The van der Waals surface area contributed by atoms with Crippen molar-refractivity contribution in [3.63, 3.8) is 0 Å². The minimum atomic E-state index is 0.182. The van der Waals surface area contributed by atoms with Gasteiger partial charge in [-0.05, 0) is 45.2 Å². The van der Waals surface area contributed by atoms with Crippen LogP contribution in [0.4, 0.5) is 0 Å². The van der Waals surface area contributed by atoms with Crippen LogP contribution in [0.1, 0.15) is 33.1 Å². The lowest BCUT2D eigenvalue weighted by molar-refractivity contribution is -0.00537. The second-order valence-corrected chi connectivity index (χ2v) is 7.48. The fraction of sp³-hybridized carbons (Fsp3) is 0.941. The van der Waals surface area contributed by atoms with Crippen LogP contribution in [-0.4, -0.2) is 75.3 Å². The summed E-state index contributed by atoms with van der Waals surface area (Å²) in [6.07, 6.45) is 3.49. The predicted octanol–water partition coefficient (Wildman–Crippen LogP) is 1.65. The van der Waals surface area contributed by atoms with Gasteiger partial charge in [-0.2, -0.15) is 0 Å². The first-order valence-electron chi connectivity index (χ1n) is 8.67. The summed E-state index contributed by atoms with van der Waals surface area (Å²) in [6.45, 7) is 9.57. The molecule has 5 nitrogen and oxygen atoms in total. The molecule has 0 aromatic rings. The van der Waals surface area contributed by atoms with Gasteiger partial charge in [-0.25, -0.2) is 0 Å². The summed E-state index contributed by atoms with van der Waals surface area (Å²) >= 11 is 0. The summed E-state index contributed by atoms with van der Waals surface area (Å²) in [4.78, 5) is 9.33. The summed E-state index contributed by atoms with van der Waals surface area (Å²) in [7, 11) is 6.26. The minimum Gasteiger partial charge on any atom is -0.381 e. The fourth-order valence-electron chi connectivity index (χ4n) is 3.95. The molecule has 2 aliphatic rings. The average molecular weight is 310 g/mol. The number of nitrogens with one attached hydrogen (secondary N) is 1. The maximum absolute atomic E-state index is 5.56. The van der Waals surface area contributed by atoms with Crippen LogP contribution < -0.4 is 5.32 Å². The van der Waals surface area contributed by atoms with Crippen LogP contribution in [0.2, 0.25) is 0 Å². The molecule has 2 heterocycles. The molecule has 0 amide bonds. The van der Waals surface area contributed by atoms with Gasteiger partial charge in [-0.15, -0.1) is 0 Å². The molecule has 0 aromatic heterocycles. The van der Waals surface area contributed by atoms with Crippen molar-refractivity contribution in [2.24, 2.45) is 16.8 Å². The number of guanidine groups is 1. The van der Waals surface area contributed by atoms with Gasteiger partial charge in [0.2, 0.25) is 0 Å². The molecule has 22 heavy (non-hydrogen) atoms. The summed E-state index contributed by atoms with van der Waals surface area (Å²) < 4.78 is 5.56. The van der Waals surface area contributed by atoms with Crippen LogP contribution in [-0.2, 0) is 4.74 Å². The van der Waals surface area contributed by atoms with Crippen LogP contribution in [0.25, 0.3) is 0 Å². The van der Waals surface area contributed by atoms with E-state index < -0.39 is 0 Å². The molecule has 0 aliphatic carbocycles. The van der Waals surface area contributed by atoms with Gasteiger partial charge in [0.15, 0.2) is 5.96 Å². The Morgan fingerprint density at radius 3 is 2.32 bits per heavy atom. The first-order valence-corrected chi connectivity index (χ1v) is 8.67. The van der Waals surface area contributed by atoms with E-state index in [-0.39, 0.29) is 5.54 Å². The third-order valence-electron chi connectivity index (χ3n) is 5.33. The van der Waals surface area contributed by atoms with E-state index in [1.54, 1.807) is 0 Å². The van der Waals surface area contributed by atoms with E-state index in [0.29, 0.717) is 0 Å². The third-order valence-corrected chi connectivity index (χ3v) is 5.33. The molecule has 2 rings (SSSR count). The Kier molecular flexibility index (Phi) is 6.09. The number of hydrogen-bond acceptors (Lipinski definition) is 3. The number of nitrogens with zero attached hydrogens (tertiary/aromatic N) is 3. The molecular weight excluding hydrogens is 276 g/mol. The standard InChI is InChI=1S/C17H34N4O/c1-14-10-15(2)12-21(11-14)16(18-3)19-13-17(20(4)5)6-8-22-9-7-17/h14-15H,6-13H2,1-5H3,(H,18,19). The molecule has 1 N–H and O–H groups in total. The van der Waals surface area contributed by atoms with Crippen molar-refractivity contribution in [3.05, 3.63) is 0 Å². The monoisotopic (exact) mass is 310 g/mol. The van der Waals surface area contributed by atoms with Crippen molar-refractivity contribution in [1.82, 2.24) is 15.1 Å². The Bertz CT molecular complexity index is 367. The maximum atomic E-state index is 5.56. The Morgan fingerprint density at radius 2 is 1.82 bits per heavy atom. The lowest BCUT2D eigenvalue weighted by Crippen LogP contribution is -2.58. The summed E-state index contributed by atoms with van der Waals surface area (Å²) in [6, 6.07) is 0. The van der Waals surface area contributed by atoms with Gasteiger partial charge in [-0.3, -0.25) is 4.99 Å². The fourth-order valence-corrected chi connectivity index (χ4v) is 3.95. The molecule has 2 aliphatic heterocycles. The molecule has 2 fully saturated rings. The highest BCUT2D eigenvalue weighted by atomic mass is 16.5. The lowest BCUT2D eigenvalue weighted by Gasteiger charge is -2.44. The van der Waals surface area contributed by atoms with E-state index in [2.05, 4.69) is 48.1 Å². The quantitative estimate of drug-likeness (QED) is 0.636. The molecule has 2 saturated heterocycles. The van der Waals surface area contributed by atoms with E-state index in [1.807, 2.05) is 7.05 Å². The third kappa shape index (κ3) is 4.13. The van der Waals surface area contributed by atoms with Gasteiger partial charge in [0.25, 0.3) is 0 Å². The molecule has 2 atom stereocenters. The summed E-state index contributed by atoms with van der Waals surface area (Å²) in [5, 5.41) is 3.65. The smallest absolute Gasteiger partial charge is 0.193 e. The SMILES string of the molecule is CN=C(NCC1(N(C)C)CCOCC1)N1CC(C)CC(C)C1. The van der Waals surface area contributed by atoms with Crippen molar-refractivity contribution in [2.75, 3.05) is 54.0 Å². The molecule has 5 heteroatoms. The molecule has 0 radical (unpaired) electrons. The molecule has 0 aromatic carbocycles. The molecule has 2 unspecified atom stereocenters. The molecule has 0 bridgehead atoms. The number of likely N-dealkylation sites (tertiary alicyclic amines) is 1. The van der Waals surface area contributed by atoms with Crippen LogP contribution in [0, 0.1) is 11.8 Å². The normalized spacial score (nSPS) is 29.7. The Balaban J connectivity index is 1.97. The molecule has 0 saturated carbocycles. The number of piperidine rings is 1. The van der Waals surface area contributed by atoms with Crippen molar-refractivity contribution < 1.29 is 4.74 Å². The zero-order chi connectivity index (χ0) is 16.2. The predicted molar refractivity (Wildman–Crippen MR) is 92.4 cm³/mol. The first-order chi connectivity index (χ1) is 10.5. The average Bonchev–Trinajstić information content (AvgIpc) is 2.47. The van der Waals surface area contributed by atoms with Crippen molar-refractivity contribution in [1.29, 1.82) is 0 Å². The van der Waals surface area contributed by atoms with Crippen LogP contribution >= 0.6 is 0 Å². The maximum Gasteiger partial charge on any atom is 0.193 e. The Labute approximate surface area is 136 Å². The van der Waals surface area contributed by atoms with E-state index >= 15 is 0 Å². The van der Waals surface area contributed by atoms with Crippen LogP contribution in [0.5, 0.6) is 0 Å². The topological polar surface area (TPSA) is 40.1 Å². The highest BCUT2D eigenvalue weighted by Crippen LogP contribution is 2.25. The second kappa shape index (κ2) is 7.64. The summed E-state index contributed by atoms with van der Waals surface area (Å²) in [5.74, 6) is 2.55. The minimum absolute atomic E-state index is 0.182. The number of rotatable bonds is 3. The van der Waals surface area contributed by atoms with Gasteiger partial charge >= 0.3 is 0 Å².